The zero-order chi connectivity index (χ0) is 6.71. The molecule has 0 nitrogen and oxygen atoms in total. The zero-order valence-corrected chi connectivity index (χ0v) is 29.2. The van der Waals surface area contributed by atoms with Crippen LogP contribution in [0.1, 0.15) is 6.92 Å². The van der Waals surface area contributed by atoms with E-state index in [2.05, 4.69) is 80.2 Å². The molecule has 0 aliphatic carbocycles. The van der Waals surface area contributed by atoms with Gasteiger partial charge in [-0.3, -0.25) is 0 Å². The van der Waals surface area contributed by atoms with E-state index in [9.17, 15) is 0 Å². The molecule has 0 aliphatic rings. The second-order valence-electron chi connectivity index (χ2n) is 0.224. The summed E-state index contributed by atoms with van der Waals surface area (Å²) in [6.45, 7) is 1.85. The zero-order valence-electron chi connectivity index (χ0n) is 8.21. The third-order valence-corrected chi connectivity index (χ3v) is 0. The van der Waals surface area contributed by atoms with E-state index in [4.69, 9.17) is 0 Å². The topological polar surface area (TPSA) is 0 Å². The first-order valence-electron chi connectivity index (χ1n) is 1.12. The van der Waals surface area contributed by atoms with Crippen LogP contribution in [0.25, 0.3) is 0 Å². The van der Waals surface area contributed by atoms with Gasteiger partial charge in [-0.1, -0.05) is 0 Å². The Balaban J connectivity index is -0.00000000100. The van der Waals surface area contributed by atoms with E-state index in [-0.39, 0.29) is 186 Å². The second-order valence-corrected chi connectivity index (χ2v) is 0.922. The minimum atomic E-state index is 0. The van der Waals surface area contributed by atoms with Gasteiger partial charge in [-0.05, 0) is 0 Å². The second kappa shape index (κ2) is 148. The average Bonchev–Trinajstić information content (AvgIpc) is 1.78. The van der Waals surface area contributed by atoms with Gasteiger partial charge in [0.1, 0.15) is 0 Å². The van der Waals surface area contributed by atoms with E-state index < -0.39 is 0 Å². The standard InChI is InChI=1S/C2H3.15V/c1-2;;;;;;;;;;;;;;;/h1H3;;;;;;;;;;;;;;;/q-1;;;;;;;;;;;;;;;. The summed E-state index contributed by atoms with van der Waals surface area (Å²) in [7, 11) is 0. The Hall–Kier alpha value is 8.64. The van der Waals surface area contributed by atoms with Gasteiger partial charge >= 0.3 is 87.2 Å². The first-order valence-corrected chi connectivity index (χ1v) is 8.22. The summed E-state index contributed by atoms with van der Waals surface area (Å²) >= 11 is 11.2. The maximum atomic E-state index is 2.69. The van der Waals surface area contributed by atoms with Gasteiger partial charge in [0, 0.05) is 186 Å². The van der Waals surface area contributed by atoms with Gasteiger partial charge in [0.25, 0.3) is 0 Å². The van der Waals surface area contributed by atoms with E-state index in [1.165, 1.54) is 0 Å². The van der Waals surface area contributed by atoms with E-state index in [0.29, 0.717) is 0 Å². The van der Waals surface area contributed by atoms with Crippen LogP contribution < -0.4 is 0 Å². The fraction of sp³-hybridized carbons (Fsp3) is 0.500. The first-order chi connectivity index (χ1) is 3.41. The molecule has 10 radical (unpaired) electrons. The summed E-state index contributed by atoms with van der Waals surface area (Å²) < 4.78 is 2.69. The molecule has 0 aromatic rings. The molecule has 17 heavy (non-hydrogen) atoms. The van der Waals surface area contributed by atoms with E-state index >= 15 is 0 Å². The van der Waals surface area contributed by atoms with Crippen LogP contribution in [-0.4, -0.2) is 4.73 Å². The Morgan fingerprint density at radius 1 is 0.471 bits per heavy atom. The van der Waals surface area contributed by atoms with Crippen LogP contribution in [0.3, 0.4) is 0 Å². The van der Waals surface area contributed by atoms with E-state index in [1.807, 2.05) is 6.92 Å². The molecule has 0 unspecified atom stereocenters. The average molecular weight is 791 g/mol. The SMILES string of the molecule is C[C-]=[V].[V].[V].[V].[V].[V].[V].[V].[V].[V].[V].[V]=[V].[V]=[V]. The molecule has 0 aliphatic heterocycles. The molecule has 0 spiro atoms. The Bertz CT molecular complexity index is 28.1. The molecule has 0 bridgehead atoms. The quantitative estimate of drug-likeness (QED) is 0.308. The maximum absolute atomic E-state index is 2.69. The molecule has 0 aromatic heterocycles. The molecule has 0 amide bonds. The molecule has 0 aromatic carbocycles. The van der Waals surface area contributed by atoms with Gasteiger partial charge in [0.2, 0.25) is 0 Å². The van der Waals surface area contributed by atoms with Crippen LogP contribution in [-0.2, 0) is 261 Å². The van der Waals surface area contributed by atoms with Crippen LogP contribution in [0.5, 0.6) is 0 Å². The molecular formula is C2H3V15-. The third-order valence-electron chi connectivity index (χ3n) is 0. The number of hydrogen-bond acceptors (Lipinski definition) is 0. The molecule has 0 N–H and O–H groups in total. The van der Waals surface area contributed by atoms with E-state index in [0.717, 1.165) is 0 Å². The van der Waals surface area contributed by atoms with Crippen molar-refractivity contribution in [3.63, 3.8) is 0 Å². The predicted octanol–water partition coefficient (Wildman–Crippen LogP) is 0.197. The summed E-state index contributed by atoms with van der Waals surface area (Å²) in [4.78, 5) is 0. The summed E-state index contributed by atoms with van der Waals surface area (Å²) in [5.41, 5.74) is 0. The molecular weight excluding hydrogens is 788 g/mol. The first kappa shape index (κ1) is 97.4. The van der Waals surface area contributed by atoms with Crippen LogP contribution in [0.4, 0.5) is 0 Å². The van der Waals surface area contributed by atoms with Crippen LogP contribution >= 0.6 is 0 Å². The van der Waals surface area contributed by atoms with Crippen molar-refractivity contribution in [2.75, 3.05) is 0 Å². The minimum absolute atomic E-state index is 0. The van der Waals surface area contributed by atoms with Crippen LogP contribution in [0, 0.1) is 0 Å². The predicted molar refractivity (Wildman–Crippen MR) is 10.7 cm³/mol. The fourth-order valence-electron chi connectivity index (χ4n) is 0. The van der Waals surface area contributed by atoms with Crippen LogP contribution in [0.15, 0.2) is 0 Å². The molecule has 0 atom stereocenters. The van der Waals surface area contributed by atoms with Gasteiger partial charge < -0.3 is 0 Å². The fourth-order valence-corrected chi connectivity index (χ4v) is 0. The summed E-state index contributed by atoms with van der Waals surface area (Å²) in [5, 5.41) is 0. The Labute approximate surface area is 266 Å². The van der Waals surface area contributed by atoms with Gasteiger partial charge in [-0.25, -0.2) is 0 Å². The van der Waals surface area contributed by atoms with Gasteiger partial charge in [0.05, 0.1) is 0 Å². The monoisotopic (exact) mass is 791 g/mol. The van der Waals surface area contributed by atoms with Gasteiger partial charge in [-0.2, -0.15) is 0 Å². The van der Waals surface area contributed by atoms with Gasteiger partial charge in [0.15, 0.2) is 0 Å². The molecule has 0 saturated heterocycles. The Morgan fingerprint density at radius 3 is 0.471 bits per heavy atom. The van der Waals surface area contributed by atoms with Gasteiger partial charge in [-0.15, -0.1) is 0 Å². The molecule has 0 fully saturated rings. The summed E-state index contributed by atoms with van der Waals surface area (Å²) in [5.74, 6) is 0. The van der Waals surface area contributed by atoms with Crippen molar-refractivity contribution in [3.8, 4) is 0 Å². The normalized spacial score (nSPS) is 0.941. The Kier molecular flexibility index (Phi) is 850. The van der Waals surface area contributed by atoms with E-state index in [1.54, 1.807) is 0 Å². The van der Waals surface area contributed by atoms with Crippen molar-refractivity contribution in [2.24, 2.45) is 0 Å². The number of rotatable bonds is 0. The summed E-state index contributed by atoms with van der Waals surface area (Å²) in [6.07, 6.45) is 0. The van der Waals surface area contributed by atoms with Crippen molar-refractivity contribution in [1.29, 1.82) is 0 Å². The van der Waals surface area contributed by atoms with Crippen molar-refractivity contribution < 1.29 is 261 Å². The van der Waals surface area contributed by atoms with Crippen molar-refractivity contribution in [2.45, 2.75) is 6.92 Å². The summed E-state index contributed by atoms with van der Waals surface area (Å²) in [6, 6.07) is 0. The molecule has 0 saturated carbocycles. The Morgan fingerprint density at radius 2 is 0.471 bits per heavy atom. The van der Waals surface area contributed by atoms with Crippen molar-refractivity contribution in [1.82, 2.24) is 0 Å². The van der Waals surface area contributed by atoms with Crippen LogP contribution in [0.2, 0.25) is 0 Å². The molecule has 0 heterocycles. The molecule has 0 rings (SSSR count). The number of hydrogen-bond donors (Lipinski definition) is 0. The van der Waals surface area contributed by atoms with Crippen molar-refractivity contribution in [3.05, 3.63) is 0 Å². The third kappa shape index (κ3) is 169. The molecule has 87 valence electrons. The molecule has 15 heteroatoms. The van der Waals surface area contributed by atoms with Crippen molar-refractivity contribution >= 4 is 4.73 Å².